The van der Waals surface area contributed by atoms with E-state index < -0.39 is 6.10 Å². The molecule has 2 atom stereocenters. The summed E-state index contributed by atoms with van der Waals surface area (Å²) < 4.78 is 5.52. The van der Waals surface area contributed by atoms with Crippen LogP contribution < -0.4 is 16.6 Å². The van der Waals surface area contributed by atoms with Gasteiger partial charge in [0.25, 0.3) is 5.56 Å². The van der Waals surface area contributed by atoms with Crippen LogP contribution in [-0.4, -0.2) is 29.6 Å². The molecule has 1 aliphatic rings. The van der Waals surface area contributed by atoms with Crippen LogP contribution in [0, 0.1) is 13.8 Å². The molecule has 0 aromatic carbocycles. The number of nitrogens with one attached hydrogen (secondary N) is 2. The Labute approximate surface area is 129 Å². The van der Waals surface area contributed by atoms with Crippen LogP contribution in [0.5, 0.6) is 0 Å². The van der Waals surface area contributed by atoms with E-state index >= 15 is 0 Å². The molecule has 0 aliphatic carbocycles. The number of carbonyl (C=O) groups is 1. The van der Waals surface area contributed by atoms with Gasteiger partial charge in [-0.3, -0.25) is 9.59 Å². The van der Waals surface area contributed by atoms with Crippen LogP contribution >= 0.6 is 12.4 Å². The van der Waals surface area contributed by atoms with Gasteiger partial charge in [0.2, 0.25) is 5.91 Å². The molecule has 1 aromatic rings. The quantitative estimate of drug-likeness (QED) is 0.755. The zero-order chi connectivity index (χ0) is 14.7. The molecule has 0 spiro atoms. The maximum atomic E-state index is 12.0. The van der Waals surface area contributed by atoms with Gasteiger partial charge in [0.15, 0.2) is 0 Å². The minimum atomic E-state index is -0.451. The number of aryl methyl sites for hydroxylation is 2. The maximum absolute atomic E-state index is 12.0. The molecule has 21 heavy (non-hydrogen) atoms. The summed E-state index contributed by atoms with van der Waals surface area (Å²) in [7, 11) is 0. The number of aromatic nitrogens is 1. The van der Waals surface area contributed by atoms with Crippen LogP contribution in [0.2, 0.25) is 0 Å². The van der Waals surface area contributed by atoms with E-state index in [1.807, 2.05) is 19.9 Å². The Hall–Kier alpha value is -1.37. The van der Waals surface area contributed by atoms with Gasteiger partial charge < -0.3 is 20.8 Å². The lowest BCUT2D eigenvalue weighted by Gasteiger charge is -2.13. The van der Waals surface area contributed by atoms with Crippen LogP contribution in [0.4, 0.5) is 0 Å². The summed E-state index contributed by atoms with van der Waals surface area (Å²) >= 11 is 0. The van der Waals surface area contributed by atoms with Crippen molar-refractivity contribution in [2.45, 2.75) is 45.4 Å². The Kier molecular flexibility index (Phi) is 6.39. The number of pyridine rings is 1. The minimum absolute atomic E-state index is 0. The highest BCUT2D eigenvalue weighted by molar-refractivity contribution is 5.85. The third-order valence-electron chi connectivity index (χ3n) is 3.60. The van der Waals surface area contributed by atoms with Crippen molar-refractivity contribution in [1.82, 2.24) is 10.3 Å². The van der Waals surface area contributed by atoms with Crippen LogP contribution in [0.3, 0.4) is 0 Å². The first kappa shape index (κ1) is 17.7. The molecule has 4 N–H and O–H groups in total. The third kappa shape index (κ3) is 4.30. The zero-order valence-corrected chi connectivity index (χ0v) is 13.1. The Morgan fingerprint density at radius 1 is 1.48 bits per heavy atom. The molecule has 1 saturated heterocycles. The van der Waals surface area contributed by atoms with Gasteiger partial charge in [0.1, 0.15) is 6.10 Å². The molecular weight excluding hydrogens is 294 g/mol. The van der Waals surface area contributed by atoms with E-state index in [0.29, 0.717) is 18.5 Å². The molecule has 6 nitrogen and oxygen atoms in total. The summed E-state index contributed by atoms with van der Waals surface area (Å²) in [6.07, 6.45) is 0.999. The van der Waals surface area contributed by atoms with E-state index in [1.54, 1.807) is 0 Å². The number of carbonyl (C=O) groups excluding carboxylic acids is 1. The van der Waals surface area contributed by atoms with Crippen molar-refractivity contribution in [1.29, 1.82) is 0 Å². The predicted octanol–water partition coefficient (Wildman–Crippen LogP) is 0.536. The van der Waals surface area contributed by atoms with Crippen molar-refractivity contribution >= 4 is 18.3 Å². The highest BCUT2D eigenvalue weighted by Gasteiger charge is 2.29. The molecule has 2 heterocycles. The fourth-order valence-corrected chi connectivity index (χ4v) is 2.46. The molecule has 1 aliphatic heterocycles. The van der Waals surface area contributed by atoms with Gasteiger partial charge in [-0.05, 0) is 38.3 Å². The Morgan fingerprint density at radius 2 is 2.19 bits per heavy atom. The van der Waals surface area contributed by atoms with E-state index in [2.05, 4.69) is 10.3 Å². The molecule has 7 heteroatoms. The number of rotatable bonds is 4. The van der Waals surface area contributed by atoms with Gasteiger partial charge in [-0.15, -0.1) is 12.4 Å². The average molecular weight is 316 g/mol. The van der Waals surface area contributed by atoms with E-state index in [0.717, 1.165) is 17.7 Å². The molecule has 0 bridgehead atoms. The van der Waals surface area contributed by atoms with Gasteiger partial charge in [-0.1, -0.05) is 0 Å². The number of hydrogen-bond acceptors (Lipinski definition) is 4. The fourth-order valence-electron chi connectivity index (χ4n) is 2.46. The van der Waals surface area contributed by atoms with Gasteiger partial charge in [0, 0.05) is 24.3 Å². The van der Waals surface area contributed by atoms with Gasteiger partial charge in [0.05, 0.1) is 6.10 Å². The molecule has 1 aromatic heterocycles. The molecule has 1 amide bonds. The average Bonchev–Trinajstić information content (AvgIpc) is 2.86. The van der Waals surface area contributed by atoms with E-state index in [1.165, 1.54) is 0 Å². The highest BCUT2D eigenvalue weighted by Crippen LogP contribution is 2.18. The standard InChI is InChI=1S/C14H21N3O3.ClH/c1-8-5-9(2)17-13(18)11(8)7-16-14(19)12-4-3-10(6-15)20-12;/h5,10,12H,3-4,6-7,15H2,1-2H3,(H,16,19)(H,17,18);1H/t10-,12+;/m1./s1. The Bertz CT molecular complexity index is 559. The minimum Gasteiger partial charge on any atom is -0.364 e. The SMILES string of the molecule is Cc1cc(C)c(CNC(=O)[C@@H]2CC[C@H](CN)O2)c(=O)[nH]1.Cl. The van der Waals surface area contributed by atoms with Crippen LogP contribution in [0.15, 0.2) is 10.9 Å². The Morgan fingerprint density at radius 3 is 2.76 bits per heavy atom. The lowest BCUT2D eigenvalue weighted by Crippen LogP contribution is -2.36. The summed E-state index contributed by atoms with van der Waals surface area (Å²) in [5.74, 6) is -0.180. The number of nitrogens with two attached hydrogens (primary N) is 1. The summed E-state index contributed by atoms with van der Waals surface area (Å²) in [4.78, 5) is 26.6. The van der Waals surface area contributed by atoms with Gasteiger partial charge in [-0.25, -0.2) is 0 Å². The van der Waals surface area contributed by atoms with E-state index in [9.17, 15) is 9.59 Å². The summed E-state index contributed by atoms with van der Waals surface area (Å²) in [6.45, 7) is 4.34. The first-order chi connectivity index (χ1) is 9.51. The van der Waals surface area contributed by atoms with E-state index in [-0.39, 0.29) is 36.5 Å². The summed E-state index contributed by atoms with van der Waals surface area (Å²) in [5, 5.41) is 2.76. The second-order valence-electron chi connectivity index (χ2n) is 5.22. The summed E-state index contributed by atoms with van der Waals surface area (Å²) in [5.41, 5.74) is 7.62. The topological polar surface area (TPSA) is 97.2 Å². The first-order valence-corrected chi connectivity index (χ1v) is 6.84. The lowest BCUT2D eigenvalue weighted by molar-refractivity contribution is -0.132. The van der Waals surface area contributed by atoms with Crippen molar-refractivity contribution in [2.24, 2.45) is 5.73 Å². The molecular formula is C14H22ClN3O3. The predicted molar refractivity (Wildman–Crippen MR) is 82.6 cm³/mol. The number of halogens is 1. The molecule has 118 valence electrons. The highest BCUT2D eigenvalue weighted by atomic mass is 35.5. The number of hydrogen-bond donors (Lipinski definition) is 3. The first-order valence-electron chi connectivity index (χ1n) is 6.84. The van der Waals surface area contributed by atoms with Gasteiger partial charge >= 0.3 is 0 Å². The normalized spacial score (nSPS) is 20.9. The largest absolute Gasteiger partial charge is 0.364 e. The molecule has 0 radical (unpaired) electrons. The molecule has 0 saturated carbocycles. The molecule has 2 rings (SSSR count). The van der Waals surface area contributed by atoms with Crippen LogP contribution in [0.1, 0.15) is 29.7 Å². The third-order valence-corrected chi connectivity index (χ3v) is 3.60. The lowest BCUT2D eigenvalue weighted by atomic mass is 10.1. The second-order valence-corrected chi connectivity index (χ2v) is 5.22. The van der Waals surface area contributed by atoms with E-state index in [4.69, 9.17) is 10.5 Å². The number of aromatic amines is 1. The Balaban J connectivity index is 0.00000220. The fraction of sp³-hybridized carbons (Fsp3) is 0.571. The van der Waals surface area contributed by atoms with Gasteiger partial charge in [-0.2, -0.15) is 0 Å². The van der Waals surface area contributed by atoms with Crippen LogP contribution in [0.25, 0.3) is 0 Å². The van der Waals surface area contributed by atoms with Crippen molar-refractivity contribution in [3.05, 3.63) is 33.2 Å². The monoisotopic (exact) mass is 315 g/mol. The summed E-state index contributed by atoms with van der Waals surface area (Å²) in [6, 6.07) is 1.89. The number of ether oxygens (including phenoxy) is 1. The molecule has 0 unspecified atom stereocenters. The zero-order valence-electron chi connectivity index (χ0n) is 12.3. The smallest absolute Gasteiger partial charge is 0.253 e. The van der Waals surface area contributed by atoms with Crippen molar-refractivity contribution < 1.29 is 9.53 Å². The molecule has 1 fully saturated rings. The second kappa shape index (κ2) is 7.59. The van der Waals surface area contributed by atoms with Crippen molar-refractivity contribution in [2.75, 3.05) is 6.54 Å². The number of amides is 1. The number of H-pyrrole nitrogens is 1. The van der Waals surface area contributed by atoms with Crippen molar-refractivity contribution in [3.8, 4) is 0 Å². The van der Waals surface area contributed by atoms with Crippen LogP contribution in [-0.2, 0) is 16.1 Å². The maximum Gasteiger partial charge on any atom is 0.253 e. The van der Waals surface area contributed by atoms with Crippen molar-refractivity contribution in [3.63, 3.8) is 0 Å².